The number of hydrogen-bond acceptors (Lipinski definition) is 5. The molecule has 0 bridgehead atoms. The van der Waals surface area contributed by atoms with Gasteiger partial charge in [-0.25, -0.2) is 8.42 Å². The van der Waals surface area contributed by atoms with Crippen LogP contribution < -0.4 is 29.6 Å². The summed E-state index contributed by atoms with van der Waals surface area (Å²) in [7, 11) is -4.36. The molecule has 23 heavy (non-hydrogen) atoms. The number of benzene rings is 1. The summed E-state index contributed by atoms with van der Waals surface area (Å²) in [5.74, 6) is 0.615. The molecule has 0 atom stereocenters. The van der Waals surface area contributed by atoms with Crippen molar-refractivity contribution in [3.8, 4) is 0 Å². The van der Waals surface area contributed by atoms with Gasteiger partial charge in [0.25, 0.3) is 0 Å². The number of allylic oxidation sites excluding steroid dienone is 1. The second-order valence-corrected chi connectivity index (χ2v) is 6.48. The standard InChI is InChI=1S/C16H24O5S.Na/c1-3-4-13-20-21-14(2)7-5-6-8-15-9-11-16(12-10-15)22(17,18)19;/h9-12H,2-8,13H2,1H3,(H,17,18,19);/q;+1/p-1. The zero-order valence-corrected chi connectivity index (χ0v) is 16.7. The van der Waals surface area contributed by atoms with Crippen molar-refractivity contribution in [1.82, 2.24) is 0 Å². The molecule has 1 rings (SSSR count). The molecule has 0 aromatic heterocycles. The zero-order chi connectivity index (χ0) is 16.4. The summed E-state index contributed by atoms with van der Waals surface area (Å²) in [5.41, 5.74) is 0.998. The molecule has 0 heterocycles. The average Bonchev–Trinajstić information content (AvgIpc) is 2.48. The third-order valence-corrected chi connectivity index (χ3v) is 3.99. The molecule has 0 saturated carbocycles. The summed E-state index contributed by atoms with van der Waals surface area (Å²) in [4.78, 5) is 9.87. The van der Waals surface area contributed by atoms with E-state index in [1.54, 1.807) is 12.1 Å². The Morgan fingerprint density at radius 1 is 1.17 bits per heavy atom. The van der Waals surface area contributed by atoms with E-state index in [4.69, 9.17) is 9.78 Å². The van der Waals surface area contributed by atoms with E-state index in [0.717, 1.165) is 44.1 Å². The molecule has 7 heteroatoms. The Hall–Kier alpha value is -0.370. The zero-order valence-electron chi connectivity index (χ0n) is 13.9. The Balaban J connectivity index is 0.00000484. The van der Waals surface area contributed by atoms with Crippen molar-refractivity contribution in [2.24, 2.45) is 0 Å². The van der Waals surface area contributed by atoms with Crippen LogP contribution in [0.4, 0.5) is 0 Å². The van der Waals surface area contributed by atoms with Crippen molar-refractivity contribution in [2.45, 2.75) is 50.3 Å². The quantitative estimate of drug-likeness (QED) is 0.146. The minimum atomic E-state index is -4.36. The van der Waals surface area contributed by atoms with Crippen LogP contribution in [0.2, 0.25) is 0 Å². The van der Waals surface area contributed by atoms with Gasteiger partial charge in [0.15, 0.2) is 0 Å². The van der Waals surface area contributed by atoms with Gasteiger partial charge in [0.2, 0.25) is 0 Å². The van der Waals surface area contributed by atoms with Crippen LogP contribution in [-0.2, 0) is 26.3 Å². The second kappa shape index (κ2) is 12.1. The minimum Gasteiger partial charge on any atom is -0.744 e. The van der Waals surface area contributed by atoms with Gasteiger partial charge in [-0.1, -0.05) is 32.1 Å². The molecule has 0 fully saturated rings. The van der Waals surface area contributed by atoms with Crippen molar-refractivity contribution in [2.75, 3.05) is 6.61 Å². The first kappa shape index (κ1) is 22.6. The van der Waals surface area contributed by atoms with E-state index in [2.05, 4.69) is 13.5 Å². The van der Waals surface area contributed by atoms with Crippen molar-refractivity contribution in [3.63, 3.8) is 0 Å². The SMILES string of the molecule is C=C(CCCCc1ccc(S(=O)(=O)[O-])cc1)OOCCCC.[Na+]. The van der Waals surface area contributed by atoms with Crippen LogP contribution in [0.25, 0.3) is 0 Å². The molecule has 0 aliphatic heterocycles. The molecule has 0 spiro atoms. The Morgan fingerprint density at radius 3 is 2.39 bits per heavy atom. The molecule has 0 aliphatic carbocycles. The van der Waals surface area contributed by atoms with Crippen LogP contribution in [0.3, 0.4) is 0 Å². The minimum absolute atomic E-state index is 0. The van der Waals surface area contributed by atoms with Gasteiger partial charge in [0, 0.05) is 6.42 Å². The summed E-state index contributed by atoms with van der Waals surface area (Å²) in [6.45, 7) is 6.44. The Kier molecular flexibility index (Phi) is 11.9. The molecule has 0 aliphatic rings. The predicted molar refractivity (Wildman–Crippen MR) is 83.0 cm³/mol. The molecular formula is C16H23NaO5S. The summed E-state index contributed by atoms with van der Waals surface area (Å²) in [5, 5.41) is 0. The molecule has 1 aromatic carbocycles. The molecule has 5 nitrogen and oxygen atoms in total. The largest absolute Gasteiger partial charge is 1.00 e. The maximum atomic E-state index is 10.8. The van der Waals surface area contributed by atoms with Crippen LogP contribution in [0.5, 0.6) is 0 Å². The van der Waals surface area contributed by atoms with Gasteiger partial charge in [-0.2, -0.15) is 4.89 Å². The van der Waals surface area contributed by atoms with E-state index >= 15 is 0 Å². The van der Waals surface area contributed by atoms with Gasteiger partial charge in [-0.05, 0) is 43.4 Å². The van der Waals surface area contributed by atoms with Crippen molar-refractivity contribution in [1.29, 1.82) is 0 Å². The number of rotatable bonds is 11. The van der Waals surface area contributed by atoms with Gasteiger partial charge in [0.1, 0.15) is 15.9 Å². The van der Waals surface area contributed by atoms with Gasteiger partial charge < -0.3 is 9.44 Å². The van der Waals surface area contributed by atoms with Gasteiger partial charge in [-0.3, -0.25) is 0 Å². The normalized spacial score (nSPS) is 10.9. The van der Waals surface area contributed by atoms with E-state index in [0.29, 0.717) is 12.4 Å². The molecule has 0 radical (unpaired) electrons. The first-order chi connectivity index (χ1) is 10.4. The van der Waals surface area contributed by atoms with E-state index in [9.17, 15) is 13.0 Å². The molecule has 1 aromatic rings. The smallest absolute Gasteiger partial charge is 0.744 e. The van der Waals surface area contributed by atoms with Gasteiger partial charge >= 0.3 is 29.6 Å². The van der Waals surface area contributed by atoms with E-state index in [1.807, 2.05) is 0 Å². The molecule has 0 N–H and O–H groups in total. The number of unbranched alkanes of at least 4 members (excludes halogenated alkanes) is 2. The van der Waals surface area contributed by atoms with Crippen LogP contribution in [-0.4, -0.2) is 19.6 Å². The third-order valence-electron chi connectivity index (χ3n) is 3.14. The third kappa shape index (κ3) is 10.2. The van der Waals surface area contributed by atoms with E-state index in [-0.39, 0.29) is 34.5 Å². The van der Waals surface area contributed by atoms with E-state index < -0.39 is 10.1 Å². The maximum Gasteiger partial charge on any atom is 1.00 e. The fourth-order valence-electron chi connectivity index (χ4n) is 1.84. The molecule has 0 amide bonds. The fourth-order valence-corrected chi connectivity index (χ4v) is 2.31. The van der Waals surface area contributed by atoms with Crippen molar-refractivity contribution < 1.29 is 52.3 Å². The Bertz CT molecular complexity index is 554. The molecule has 124 valence electrons. The summed E-state index contributed by atoms with van der Waals surface area (Å²) in [6, 6.07) is 6.04. The first-order valence-electron chi connectivity index (χ1n) is 7.45. The van der Waals surface area contributed by atoms with Crippen molar-refractivity contribution >= 4 is 10.1 Å². The molecule has 0 saturated heterocycles. The Labute approximate surface area is 161 Å². The monoisotopic (exact) mass is 350 g/mol. The first-order valence-corrected chi connectivity index (χ1v) is 8.86. The van der Waals surface area contributed by atoms with Gasteiger partial charge in [-0.15, -0.1) is 0 Å². The molecule has 0 unspecified atom stereocenters. The topological polar surface area (TPSA) is 75.7 Å². The Morgan fingerprint density at radius 2 is 1.83 bits per heavy atom. The van der Waals surface area contributed by atoms with Crippen LogP contribution in [0.15, 0.2) is 41.5 Å². The van der Waals surface area contributed by atoms with Crippen LogP contribution in [0, 0.1) is 0 Å². The summed E-state index contributed by atoms with van der Waals surface area (Å²) in [6.07, 6.45) is 5.37. The summed E-state index contributed by atoms with van der Waals surface area (Å²) >= 11 is 0. The van der Waals surface area contributed by atoms with E-state index in [1.165, 1.54) is 12.1 Å². The number of hydrogen-bond donors (Lipinski definition) is 0. The maximum absolute atomic E-state index is 10.8. The predicted octanol–water partition coefficient (Wildman–Crippen LogP) is 0.570. The fraction of sp³-hybridized carbons (Fsp3) is 0.500. The van der Waals surface area contributed by atoms with Crippen molar-refractivity contribution in [3.05, 3.63) is 42.2 Å². The number of aryl methyl sites for hydroxylation is 1. The van der Waals surface area contributed by atoms with Crippen LogP contribution in [0.1, 0.15) is 44.6 Å². The molecular weight excluding hydrogens is 327 g/mol. The second-order valence-electron chi connectivity index (χ2n) is 5.10. The van der Waals surface area contributed by atoms with Gasteiger partial charge in [0.05, 0.1) is 11.5 Å². The summed E-state index contributed by atoms with van der Waals surface area (Å²) < 4.78 is 32.4. The van der Waals surface area contributed by atoms with Crippen LogP contribution >= 0.6 is 0 Å². The average molecular weight is 350 g/mol.